The molecule has 0 spiro atoms. The Bertz CT molecular complexity index is 301. The van der Waals surface area contributed by atoms with E-state index in [9.17, 15) is 0 Å². The van der Waals surface area contributed by atoms with Gasteiger partial charge in [-0.05, 0) is 24.5 Å². The van der Waals surface area contributed by atoms with Gasteiger partial charge in [-0.1, -0.05) is 42.8 Å². The van der Waals surface area contributed by atoms with Crippen LogP contribution < -0.4 is 0 Å². The minimum Gasteiger partial charge on any atom is -0.399 e. The molecule has 2 nitrogen and oxygen atoms in total. The fraction of sp³-hybridized carbons (Fsp3) is 0.417. The molecule has 0 saturated carbocycles. The van der Waals surface area contributed by atoms with Crippen LogP contribution >= 0.6 is 0 Å². The lowest BCUT2D eigenvalue weighted by Crippen LogP contribution is -1.95. The van der Waals surface area contributed by atoms with E-state index in [4.69, 9.17) is 4.84 Å². The molecular formula is C12H17NO. The monoisotopic (exact) mass is 191 g/mol. The number of hydrogen-bond acceptors (Lipinski definition) is 2. The highest BCUT2D eigenvalue weighted by Crippen LogP contribution is 2.07. The molecule has 1 rings (SSSR count). The number of rotatable bonds is 4. The van der Waals surface area contributed by atoms with Gasteiger partial charge in [-0.2, -0.15) is 0 Å². The molecule has 0 N–H and O–H groups in total. The van der Waals surface area contributed by atoms with Crippen molar-refractivity contribution in [2.45, 2.75) is 26.7 Å². The van der Waals surface area contributed by atoms with Crippen LogP contribution in [0.1, 0.15) is 31.4 Å². The minimum absolute atomic E-state index is 0.913. The van der Waals surface area contributed by atoms with Gasteiger partial charge in [0, 0.05) is 0 Å². The van der Waals surface area contributed by atoms with Crippen LogP contribution in [0.5, 0.6) is 0 Å². The lowest BCUT2D eigenvalue weighted by Gasteiger charge is -2.02. The Morgan fingerprint density at radius 1 is 1.29 bits per heavy atom. The molecule has 0 aliphatic carbocycles. The molecule has 0 atom stereocenters. The standard InChI is InChI=1S/C12H17NO/c1-4-5-11-6-8-12(9-7-11)10(2)13-14-3/h6-9H,4-5H2,1-3H3/b13-10-. The summed E-state index contributed by atoms with van der Waals surface area (Å²) in [6, 6.07) is 8.46. The van der Waals surface area contributed by atoms with Gasteiger partial charge in [0.15, 0.2) is 0 Å². The van der Waals surface area contributed by atoms with Gasteiger partial charge in [-0.15, -0.1) is 0 Å². The first kappa shape index (κ1) is 10.8. The third-order valence-corrected chi connectivity index (χ3v) is 2.14. The van der Waals surface area contributed by atoms with Gasteiger partial charge in [-0.25, -0.2) is 0 Å². The second-order valence-corrected chi connectivity index (χ2v) is 3.31. The van der Waals surface area contributed by atoms with Gasteiger partial charge >= 0.3 is 0 Å². The lowest BCUT2D eigenvalue weighted by molar-refractivity contribution is 0.213. The molecule has 76 valence electrons. The van der Waals surface area contributed by atoms with Crippen LogP contribution in [0.2, 0.25) is 0 Å². The summed E-state index contributed by atoms with van der Waals surface area (Å²) in [5, 5.41) is 3.89. The van der Waals surface area contributed by atoms with Crippen LogP contribution in [0.4, 0.5) is 0 Å². The number of hydrogen-bond donors (Lipinski definition) is 0. The van der Waals surface area contributed by atoms with E-state index in [1.807, 2.05) is 6.92 Å². The topological polar surface area (TPSA) is 21.6 Å². The van der Waals surface area contributed by atoms with Crippen LogP contribution in [0.15, 0.2) is 29.4 Å². The van der Waals surface area contributed by atoms with E-state index in [1.54, 1.807) is 7.11 Å². The Labute approximate surface area is 85.6 Å². The number of oxime groups is 1. The SMILES string of the molecule is CCCc1ccc(/C(C)=N\OC)cc1. The minimum atomic E-state index is 0.913. The lowest BCUT2D eigenvalue weighted by atomic mass is 10.1. The third-order valence-electron chi connectivity index (χ3n) is 2.14. The Kier molecular flexibility index (Phi) is 4.17. The average molecular weight is 191 g/mol. The van der Waals surface area contributed by atoms with E-state index in [0.717, 1.165) is 17.7 Å². The molecule has 14 heavy (non-hydrogen) atoms. The molecule has 0 amide bonds. The summed E-state index contributed by atoms with van der Waals surface area (Å²) >= 11 is 0. The fourth-order valence-corrected chi connectivity index (χ4v) is 1.39. The quantitative estimate of drug-likeness (QED) is 0.529. The smallest absolute Gasteiger partial charge is 0.106 e. The predicted molar refractivity (Wildman–Crippen MR) is 59.7 cm³/mol. The fourth-order valence-electron chi connectivity index (χ4n) is 1.39. The van der Waals surface area contributed by atoms with Crippen LogP contribution in [-0.2, 0) is 11.3 Å². The van der Waals surface area contributed by atoms with Gasteiger partial charge in [0.2, 0.25) is 0 Å². The molecule has 0 bridgehead atoms. The van der Waals surface area contributed by atoms with Crippen molar-refractivity contribution < 1.29 is 4.84 Å². The first-order valence-corrected chi connectivity index (χ1v) is 4.95. The van der Waals surface area contributed by atoms with Gasteiger partial charge in [-0.3, -0.25) is 0 Å². The predicted octanol–water partition coefficient (Wildman–Crippen LogP) is 3.01. The zero-order valence-corrected chi connectivity index (χ0v) is 9.08. The normalized spacial score (nSPS) is 11.5. The van der Waals surface area contributed by atoms with Crippen molar-refractivity contribution in [3.63, 3.8) is 0 Å². The molecule has 0 aliphatic heterocycles. The summed E-state index contributed by atoms with van der Waals surface area (Å²) in [6.45, 7) is 4.13. The number of aryl methyl sites for hydroxylation is 1. The Balaban J connectivity index is 2.77. The second kappa shape index (κ2) is 5.43. The van der Waals surface area contributed by atoms with Crippen LogP contribution in [0, 0.1) is 0 Å². The first-order chi connectivity index (χ1) is 6.77. The average Bonchev–Trinajstić information content (AvgIpc) is 2.20. The van der Waals surface area contributed by atoms with E-state index in [0.29, 0.717) is 0 Å². The molecule has 0 aromatic heterocycles. The van der Waals surface area contributed by atoms with Crippen LogP contribution in [0.25, 0.3) is 0 Å². The summed E-state index contributed by atoms with van der Waals surface area (Å²) in [4.78, 5) is 4.72. The summed E-state index contributed by atoms with van der Waals surface area (Å²) in [7, 11) is 1.56. The molecule has 0 aliphatic rings. The molecule has 0 unspecified atom stereocenters. The first-order valence-electron chi connectivity index (χ1n) is 4.95. The maximum atomic E-state index is 4.72. The molecule has 0 fully saturated rings. The van der Waals surface area contributed by atoms with Crippen molar-refractivity contribution in [2.75, 3.05) is 7.11 Å². The van der Waals surface area contributed by atoms with E-state index in [-0.39, 0.29) is 0 Å². The zero-order valence-electron chi connectivity index (χ0n) is 9.08. The maximum absolute atomic E-state index is 4.72. The van der Waals surface area contributed by atoms with Crippen molar-refractivity contribution in [2.24, 2.45) is 5.16 Å². The van der Waals surface area contributed by atoms with E-state index in [1.165, 1.54) is 12.0 Å². The molecular weight excluding hydrogens is 174 g/mol. The van der Waals surface area contributed by atoms with Crippen LogP contribution in [-0.4, -0.2) is 12.8 Å². The highest BCUT2D eigenvalue weighted by molar-refractivity contribution is 5.98. The zero-order chi connectivity index (χ0) is 10.4. The highest BCUT2D eigenvalue weighted by Gasteiger charge is 1.97. The number of benzene rings is 1. The van der Waals surface area contributed by atoms with Gasteiger partial charge in [0.25, 0.3) is 0 Å². The summed E-state index contributed by atoms with van der Waals surface area (Å²) < 4.78 is 0. The maximum Gasteiger partial charge on any atom is 0.106 e. The van der Waals surface area contributed by atoms with Crippen LogP contribution in [0.3, 0.4) is 0 Å². The third kappa shape index (κ3) is 2.87. The Morgan fingerprint density at radius 2 is 1.93 bits per heavy atom. The van der Waals surface area contributed by atoms with Crippen molar-refractivity contribution >= 4 is 5.71 Å². The molecule has 0 saturated heterocycles. The Hall–Kier alpha value is -1.31. The van der Waals surface area contributed by atoms with E-state index >= 15 is 0 Å². The van der Waals surface area contributed by atoms with E-state index < -0.39 is 0 Å². The van der Waals surface area contributed by atoms with Crippen molar-refractivity contribution in [1.82, 2.24) is 0 Å². The number of nitrogens with zero attached hydrogens (tertiary/aromatic N) is 1. The largest absolute Gasteiger partial charge is 0.399 e. The summed E-state index contributed by atoms with van der Waals surface area (Å²) in [5.74, 6) is 0. The van der Waals surface area contributed by atoms with Crippen molar-refractivity contribution in [3.8, 4) is 0 Å². The molecule has 0 radical (unpaired) electrons. The molecule has 0 heterocycles. The highest BCUT2D eigenvalue weighted by atomic mass is 16.6. The van der Waals surface area contributed by atoms with Gasteiger partial charge < -0.3 is 4.84 Å². The summed E-state index contributed by atoms with van der Waals surface area (Å²) in [5.41, 5.74) is 3.41. The second-order valence-electron chi connectivity index (χ2n) is 3.31. The molecule has 1 aromatic rings. The van der Waals surface area contributed by atoms with Crippen molar-refractivity contribution in [1.29, 1.82) is 0 Å². The Morgan fingerprint density at radius 3 is 2.43 bits per heavy atom. The van der Waals surface area contributed by atoms with Gasteiger partial charge in [0.1, 0.15) is 7.11 Å². The molecule has 2 heteroatoms. The molecule has 1 aromatic carbocycles. The summed E-state index contributed by atoms with van der Waals surface area (Å²) in [6.07, 6.45) is 2.32. The van der Waals surface area contributed by atoms with E-state index in [2.05, 4.69) is 36.3 Å². The van der Waals surface area contributed by atoms with Crippen molar-refractivity contribution in [3.05, 3.63) is 35.4 Å². The van der Waals surface area contributed by atoms with Gasteiger partial charge in [0.05, 0.1) is 5.71 Å².